The number of hydrogen-bond acceptors (Lipinski definition) is 3. The number of carbonyl (C=O) groups excluding carboxylic acids is 1. The van der Waals surface area contributed by atoms with E-state index in [0.717, 1.165) is 45.2 Å². The van der Waals surface area contributed by atoms with Gasteiger partial charge in [0.2, 0.25) is 5.91 Å². The molecule has 1 saturated carbocycles. The molecule has 0 bridgehead atoms. The van der Waals surface area contributed by atoms with Gasteiger partial charge in [-0.15, -0.1) is 24.8 Å². The van der Waals surface area contributed by atoms with Gasteiger partial charge in [0.15, 0.2) is 0 Å². The van der Waals surface area contributed by atoms with Crippen molar-refractivity contribution >= 4 is 30.7 Å². The number of benzene rings is 1. The largest absolute Gasteiger partial charge is 0.353 e. The standard InChI is InChI=1S/C19H29N3O.2ClH/c1-15(13-21-18(23)19(20)10-5-2-6-11-19)22-12-9-16-7-3-4-8-17(16)14-22;;/h3-4,7-8,15H,2,5-6,9-14,20H2,1H3,(H,21,23);2*1H. The molecule has 1 aliphatic heterocycles. The fourth-order valence-electron chi connectivity index (χ4n) is 3.85. The van der Waals surface area contributed by atoms with E-state index in [1.165, 1.54) is 17.5 Å². The molecule has 3 N–H and O–H groups in total. The van der Waals surface area contributed by atoms with Crippen molar-refractivity contribution in [3.63, 3.8) is 0 Å². The van der Waals surface area contributed by atoms with E-state index in [0.29, 0.717) is 12.6 Å². The number of fused-ring (bicyclic) bond motifs is 1. The monoisotopic (exact) mass is 387 g/mol. The van der Waals surface area contributed by atoms with Crippen LogP contribution in [0.5, 0.6) is 0 Å². The van der Waals surface area contributed by atoms with Crippen molar-refractivity contribution < 1.29 is 4.79 Å². The third kappa shape index (κ3) is 5.33. The topological polar surface area (TPSA) is 58.4 Å². The van der Waals surface area contributed by atoms with E-state index in [2.05, 4.69) is 41.4 Å². The molecule has 0 aromatic heterocycles. The minimum Gasteiger partial charge on any atom is -0.353 e. The maximum atomic E-state index is 12.5. The van der Waals surface area contributed by atoms with Crippen LogP contribution in [0.1, 0.15) is 50.2 Å². The molecule has 1 heterocycles. The summed E-state index contributed by atoms with van der Waals surface area (Å²) in [5, 5.41) is 3.11. The zero-order chi connectivity index (χ0) is 16.3. The summed E-state index contributed by atoms with van der Waals surface area (Å²) in [5.74, 6) is 0.0430. The highest BCUT2D eigenvalue weighted by Gasteiger charge is 2.35. The quantitative estimate of drug-likeness (QED) is 0.834. The lowest BCUT2D eigenvalue weighted by atomic mass is 9.82. The average Bonchev–Trinajstić information content (AvgIpc) is 2.59. The van der Waals surface area contributed by atoms with Crippen molar-refractivity contribution in [2.75, 3.05) is 13.1 Å². The van der Waals surface area contributed by atoms with Crippen LogP contribution in [0.25, 0.3) is 0 Å². The molecule has 25 heavy (non-hydrogen) atoms. The molecule has 142 valence electrons. The summed E-state index contributed by atoms with van der Waals surface area (Å²) in [6, 6.07) is 8.99. The number of nitrogens with zero attached hydrogens (tertiary/aromatic N) is 1. The van der Waals surface area contributed by atoms with Crippen LogP contribution >= 0.6 is 24.8 Å². The first kappa shape index (κ1) is 22.2. The van der Waals surface area contributed by atoms with E-state index in [4.69, 9.17) is 5.73 Å². The zero-order valence-corrected chi connectivity index (χ0v) is 16.6. The second-order valence-corrected chi connectivity index (χ2v) is 7.27. The predicted molar refractivity (Wildman–Crippen MR) is 108 cm³/mol. The molecule has 1 aromatic carbocycles. The Kier molecular flexibility index (Phi) is 8.69. The van der Waals surface area contributed by atoms with Gasteiger partial charge >= 0.3 is 0 Å². The molecule has 2 aliphatic rings. The van der Waals surface area contributed by atoms with E-state index in [-0.39, 0.29) is 30.7 Å². The lowest BCUT2D eigenvalue weighted by Crippen LogP contribution is -2.57. The Morgan fingerprint density at radius 3 is 2.52 bits per heavy atom. The van der Waals surface area contributed by atoms with Gasteiger partial charge in [0.1, 0.15) is 0 Å². The van der Waals surface area contributed by atoms with Gasteiger partial charge in [-0.05, 0) is 37.3 Å². The van der Waals surface area contributed by atoms with E-state index in [9.17, 15) is 4.79 Å². The van der Waals surface area contributed by atoms with E-state index < -0.39 is 5.54 Å². The Morgan fingerprint density at radius 2 is 1.84 bits per heavy atom. The molecule has 1 amide bonds. The van der Waals surface area contributed by atoms with Crippen LogP contribution in [0.2, 0.25) is 0 Å². The SMILES string of the molecule is CC(CNC(=O)C1(N)CCCCC1)N1CCc2ccccc2C1.Cl.Cl. The number of hydrogen-bond donors (Lipinski definition) is 2. The maximum absolute atomic E-state index is 12.5. The number of nitrogens with one attached hydrogen (secondary N) is 1. The highest BCUT2D eigenvalue weighted by atomic mass is 35.5. The molecule has 1 unspecified atom stereocenters. The maximum Gasteiger partial charge on any atom is 0.240 e. The summed E-state index contributed by atoms with van der Waals surface area (Å²) in [6.45, 7) is 4.90. The van der Waals surface area contributed by atoms with Crippen LogP contribution in [0.15, 0.2) is 24.3 Å². The molecule has 0 saturated heterocycles. The molecule has 1 aliphatic carbocycles. The number of amides is 1. The molecule has 6 heteroatoms. The van der Waals surface area contributed by atoms with Crippen molar-refractivity contribution in [2.24, 2.45) is 5.73 Å². The smallest absolute Gasteiger partial charge is 0.240 e. The van der Waals surface area contributed by atoms with Crippen LogP contribution in [-0.4, -0.2) is 35.5 Å². The Bertz CT molecular complexity index is 561. The lowest BCUT2D eigenvalue weighted by molar-refractivity contribution is -0.127. The summed E-state index contributed by atoms with van der Waals surface area (Å²) >= 11 is 0. The number of carbonyl (C=O) groups is 1. The van der Waals surface area contributed by atoms with Crippen molar-refractivity contribution in [3.05, 3.63) is 35.4 Å². The summed E-state index contributed by atoms with van der Waals surface area (Å²) in [4.78, 5) is 14.9. The van der Waals surface area contributed by atoms with Crippen molar-refractivity contribution in [1.82, 2.24) is 10.2 Å². The zero-order valence-electron chi connectivity index (χ0n) is 15.0. The van der Waals surface area contributed by atoms with Gasteiger partial charge in [0.25, 0.3) is 0 Å². The fourth-order valence-corrected chi connectivity index (χ4v) is 3.85. The van der Waals surface area contributed by atoms with Crippen LogP contribution in [0, 0.1) is 0 Å². The second kappa shape index (κ2) is 9.77. The molecule has 1 fully saturated rings. The van der Waals surface area contributed by atoms with Gasteiger partial charge in [-0.25, -0.2) is 0 Å². The van der Waals surface area contributed by atoms with Gasteiger partial charge in [-0.2, -0.15) is 0 Å². The van der Waals surface area contributed by atoms with Gasteiger partial charge in [-0.1, -0.05) is 43.5 Å². The second-order valence-electron chi connectivity index (χ2n) is 7.27. The molecule has 1 aromatic rings. The first-order valence-corrected chi connectivity index (χ1v) is 8.96. The van der Waals surface area contributed by atoms with Crippen LogP contribution in [-0.2, 0) is 17.8 Å². The van der Waals surface area contributed by atoms with Gasteiger partial charge < -0.3 is 11.1 Å². The fraction of sp³-hybridized carbons (Fsp3) is 0.632. The Hall–Kier alpha value is -0.810. The molecule has 1 atom stereocenters. The van der Waals surface area contributed by atoms with Crippen molar-refractivity contribution in [3.8, 4) is 0 Å². The first-order chi connectivity index (χ1) is 11.1. The third-order valence-electron chi connectivity index (χ3n) is 5.54. The molecular formula is C19H31Cl2N3O. The molecule has 3 rings (SSSR count). The predicted octanol–water partition coefficient (Wildman–Crippen LogP) is 3.05. The molecule has 0 radical (unpaired) electrons. The lowest BCUT2D eigenvalue weighted by Gasteiger charge is -2.35. The number of rotatable bonds is 4. The van der Waals surface area contributed by atoms with E-state index >= 15 is 0 Å². The number of halogens is 2. The minimum absolute atomic E-state index is 0. The van der Waals surface area contributed by atoms with Crippen molar-refractivity contribution in [2.45, 2.75) is 63.6 Å². The van der Waals surface area contributed by atoms with Gasteiger partial charge in [-0.3, -0.25) is 9.69 Å². The summed E-state index contributed by atoms with van der Waals surface area (Å²) in [7, 11) is 0. The van der Waals surface area contributed by atoms with Crippen LogP contribution in [0.4, 0.5) is 0 Å². The first-order valence-electron chi connectivity index (χ1n) is 8.96. The Labute approximate surface area is 163 Å². The molecule has 0 spiro atoms. The minimum atomic E-state index is -0.632. The van der Waals surface area contributed by atoms with Crippen LogP contribution in [0.3, 0.4) is 0 Å². The van der Waals surface area contributed by atoms with Gasteiger partial charge in [0.05, 0.1) is 5.54 Å². The average molecular weight is 388 g/mol. The van der Waals surface area contributed by atoms with E-state index in [1.54, 1.807) is 0 Å². The third-order valence-corrected chi connectivity index (χ3v) is 5.54. The molecular weight excluding hydrogens is 357 g/mol. The van der Waals surface area contributed by atoms with Crippen LogP contribution < -0.4 is 11.1 Å². The summed E-state index contributed by atoms with van der Waals surface area (Å²) in [6.07, 6.45) is 6.09. The highest BCUT2D eigenvalue weighted by molar-refractivity contribution is 5.86. The van der Waals surface area contributed by atoms with Crippen molar-refractivity contribution in [1.29, 1.82) is 0 Å². The number of nitrogens with two attached hydrogens (primary N) is 1. The van der Waals surface area contributed by atoms with E-state index in [1.807, 2.05) is 0 Å². The molecule has 4 nitrogen and oxygen atoms in total. The summed E-state index contributed by atoms with van der Waals surface area (Å²) < 4.78 is 0. The van der Waals surface area contributed by atoms with Gasteiger partial charge in [0, 0.05) is 25.7 Å². The Morgan fingerprint density at radius 1 is 1.20 bits per heavy atom. The Balaban J connectivity index is 0.00000156. The highest BCUT2D eigenvalue weighted by Crippen LogP contribution is 2.26. The summed E-state index contributed by atoms with van der Waals surface area (Å²) in [5.41, 5.74) is 8.55. The normalized spacial score (nSPS) is 20.4.